The maximum absolute atomic E-state index is 11.4. The number of nitrogens with zero attached hydrogens (tertiary/aromatic N) is 1. The van der Waals surface area contributed by atoms with E-state index in [-0.39, 0.29) is 0 Å². The SMILES string of the molecule is CCC(C)CCC(CCl)N1CCCC(=O)CC1. The largest absolute Gasteiger partial charge is 0.300 e. The summed E-state index contributed by atoms with van der Waals surface area (Å²) in [7, 11) is 0. The van der Waals surface area contributed by atoms with Gasteiger partial charge in [0.1, 0.15) is 5.78 Å². The maximum atomic E-state index is 11.4. The van der Waals surface area contributed by atoms with E-state index in [0.29, 0.717) is 17.7 Å². The fraction of sp³-hybridized carbons (Fsp3) is 0.929. The van der Waals surface area contributed by atoms with Crippen molar-refractivity contribution in [3.05, 3.63) is 0 Å². The molecule has 1 aliphatic rings. The van der Waals surface area contributed by atoms with Gasteiger partial charge in [0.05, 0.1) is 0 Å². The molecule has 1 saturated heterocycles. The Hall–Kier alpha value is -0.0800. The molecule has 0 N–H and O–H groups in total. The van der Waals surface area contributed by atoms with E-state index < -0.39 is 0 Å². The molecule has 0 aromatic heterocycles. The number of Topliss-reactive ketones (excluding diaryl/α,β-unsaturated/α-hetero) is 1. The molecule has 1 rings (SSSR count). The molecular formula is C14H26ClNO. The number of rotatable bonds is 6. The van der Waals surface area contributed by atoms with Crippen LogP contribution >= 0.6 is 11.6 Å². The van der Waals surface area contributed by atoms with Crippen molar-refractivity contribution in [3.8, 4) is 0 Å². The number of ketones is 1. The second-order valence-electron chi connectivity index (χ2n) is 5.33. The molecular weight excluding hydrogens is 234 g/mol. The number of hydrogen-bond acceptors (Lipinski definition) is 2. The second-order valence-corrected chi connectivity index (χ2v) is 5.64. The molecule has 0 spiro atoms. The first-order valence-electron chi connectivity index (χ1n) is 6.99. The van der Waals surface area contributed by atoms with Gasteiger partial charge in [-0.15, -0.1) is 11.6 Å². The average molecular weight is 260 g/mol. The van der Waals surface area contributed by atoms with Gasteiger partial charge in [0.15, 0.2) is 0 Å². The highest BCUT2D eigenvalue weighted by atomic mass is 35.5. The third-order valence-corrected chi connectivity index (χ3v) is 4.32. The van der Waals surface area contributed by atoms with Crippen LogP contribution < -0.4 is 0 Å². The van der Waals surface area contributed by atoms with Crippen LogP contribution in [0.4, 0.5) is 0 Å². The topological polar surface area (TPSA) is 20.3 Å². The summed E-state index contributed by atoms with van der Waals surface area (Å²) in [5.41, 5.74) is 0. The third-order valence-electron chi connectivity index (χ3n) is 3.96. The molecule has 1 aliphatic heterocycles. The third kappa shape index (κ3) is 5.39. The summed E-state index contributed by atoms with van der Waals surface area (Å²) in [5, 5.41) is 0. The molecule has 100 valence electrons. The predicted molar refractivity (Wildman–Crippen MR) is 73.6 cm³/mol. The molecule has 17 heavy (non-hydrogen) atoms. The number of likely N-dealkylation sites (tertiary alicyclic amines) is 1. The Balaban J connectivity index is 2.40. The lowest BCUT2D eigenvalue weighted by molar-refractivity contribution is -0.118. The zero-order valence-electron chi connectivity index (χ0n) is 11.3. The van der Waals surface area contributed by atoms with Crippen molar-refractivity contribution in [1.29, 1.82) is 0 Å². The Kier molecular flexibility index (Phi) is 7.14. The first kappa shape index (κ1) is 15.0. The van der Waals surface area contributed by atoms with Crippen LogP contribution in [0.5, 0.6) is 0 Å². The molecule has 0 aromatic rings. The van der Waals surface area contributed by atoms with Gasteiger partial charge in [0, 0.05) is 31.3 Å². The molecule has 3 heteroatoms. The fourth-order valence-corrected chi connectivity index (χ4v) is 2.74. The van der Waals surface area contributed by atoms with E-state index in [0.717, 1.165) is 38.3 Å². The molecule has 0 radical (unpaired) electrons. The minimum atomic E-state index is 0.419. The van der Waals surface area contributed by atoms with Gasteiger partial charge in [-0.25, -0.2) is 0 Å². The summed E-state index contributed by atoms with van der Waals surface area (Å²) >= 11 is 6.09. The van der Waals surface area contributed by atoms with Gasteiger partial charge < -0.3 is 0 Å². The van der Waals surface area contributed by atoms with Crippen molar-refractivity contribution < 1.29 is 4.79 Å². The predicted octanol–water partition coefficient (Wildman–Crippen LogP) is 3.48. The number of carbonyl (C=O) groups excluding carboxylic acids is 1. The van der Waals surface area contributed by atoms with Crippen LogP contribution in [0.3, 0.4) is 0 Å². The lowest BCUT2D eigenvalue weighted by Crippen LogP contribution is -2.37. The van der Waals surface area contributed by atoms with Gasteiger partial charge in [-0.1, -0.05) is 20.3 Å². The summed E-state index contributed by atoms with van der Waals surface area (Å²) < 4.78 is 0. The van der Waals surface area contributed by atoms with Crippen LogP contribution in [0.25, 0.3) is 0 Å². The van der Waals surface area contributed by atoms with Crippen LogP contribution in [0.1, 0.15) is 52.4 Å². The Morgan fingerprint density at radius 3 is 2.71 bits per heavy atom. The molecule has 0 aliphatic carbocycles. The van der Waals surface area contributed by atoms with E-state index in [1.807, 2.05) is 0 Å². The first-order chi connectivity index (χ1) is 8.17. The fourth-order valence-electron chi connectivity index (χ4n) is 2.39. The van der Waals surface area contributed by atoms with E-state index in [9.17, 15) is 4.79 Å². The Labute approximate surface area is 111 Å². The zero-order chi connectivity index (χ0) is 12.7. The lowest BCUT2D eigenvalue weighted by atomic mass is 9.99. The van der Waals surface area contributed by atoms with E-state index in [1.165, 1.54) is 19.3 Å². The van der Waals surface area contributed by atoms with Crippen molar-refractivity contribution in [3.63, 3.8) is 0 Å². The van der Waals surface area contributed by atoms with Crippen molar-refractivity contribution in [2.45, 2.75) is 58.4 Å². The smallest absolute Gasteiger partial charge is 0.134 e. The number of halogens is 1. The molecule has 1 heterocycles. The molecule has 2 unspecified atom stereocenters. The zero-order valence-corrected chi connectivity index (χ0v) is 12.0. The number of carbonyl (C=O) groups is 1. The lowest BCUT2D eigenvalue weighted by Gasteiger charge is -2.29. The van der Waals surface area contributed by atoms with Crippen LogP contribution in [0.15, 0.2) is 0 Å². The summed E-state index contributed by atoms with van der Waals surface area (Å²) in [6.07, 6.45) is 6.15. The highest BCUT2D eigenvalue weighted by molar-refractivity contribution is 6.18. The monoisotopic (exact) mass is 259 g/mol. The maximum Gasteiger partial charge on any atom is 0.134 e. The number of hydrogen-bond donors (Lipinski definition) is 0. The van der Waals surface area contributed by atoms with Gasteiger partial charge in [-0.3, -0.25) is 9.69 Å². The van der Waals surface area contributed by atoms with E-state index in [1.54, 1.807) is 0 Å². The van der Waals surface area contributed by atoms with Gasteiger partial charge in [-0.2, -0.15) is 0 Å². The standard InChI is InChI=1S/C14H26ClNO/c1-3-12(2)6-7-13(11-15)16-9-4-5-14(17)8-10-16/h12-13H,3-11H2,1-2H3. The van der Waals surface area contributed by atoms with E-state index in [2.05, 4.69) is 18.7 Å². The Morgan fingerprint density at radius 1 is 1.29 bits per heavy atom. The van der Waals surface area contributed by atoms with Crippen molar-refractivity contribution in [2.75, 3.05) is 19.0 Å². The van der Waals surface area contributed by atoms with Gasteiger partial charge >= 0.3 is 0 Å². The average Bonchev–Trinajstić information content (AvgIpc) is 2.55. The van der Waals surface area contributed by atoms with Gasteiger partial charge in [0.25, 0.3) is 0 Å². The van der Waals surface area contributed by atoms with E-state index >= 15 is 0 Å². The van der Waals surface area contributed by atoms with Crippen LogP contribution in [-0.4, -0.2) is 35.7 Å². The first-order valence-corrected chi connectivity index (χ1v) is 7.52. The minimum absolute atomic E-state index is 0.419. The Morgan fingerprint density at radius 2 is 2.06 bits per heavy atom. The molecule has 0 bridgehead atoms. The van der Waals surface area contributed by atoms with E-state index in [4.69, 9.17) is 11.6 Å². The molecule has 2 atom stereocenters. The van der Waals surface area contributed by atoms with Crippen LogP contribution in [0, 0.1) is 5.92 Å². The van der Waals surface area contributed by atoms with Gasteiger partial charge in [-0.05, 0) is 31.7 Å². The van der Waals surface area contributed by atoms with Crippen LogP contribution in [0.2, 0.25) is 0 Å². The van der Waals surface area contributed by atoms with Crippen molar-refractivity contribution >= 4 is 17.4 Å². The van der Waals surface area contributed by atoms with Crippen molar-refractivity contribution in [2.24, 2.45) is 5.92 Å². The summed E-state index contributed by atoms with van der Waals surface area (Å²) in [5.74, 6) is 1.90. The summed E-state index contributed by atoms with van der Waals surface area (Å²) in [6, 6.07) is 0.469. The highest BCUT2D eigenvalue weighted by Gasteiger charge is 2.21. The Bertz CT molecular complexity index is 232. The van der Waals surface area contributed by atoms with Crippen molar-refractivity contribution in [1.82, 2.24) is 4.90 Å². The second kappa shape index (κ2) is 8.10. The highest BCUT2D eigenvalue weighted by Crippen LogP contribution is 2.18. The minimum Gasteiger partial charge on any atom is -0.300 e. The van der Waals surface area contributed by atoms with Gasteiger partial charge in [0.2, 0.25) is 0 Å². The number of alkyl halides is 1. The van der Waals surface area contributed by atoms with Crippen LogP contribution in [-0.2, 0) is 4.79 Å². The summed E-state index contributed by atoms with van der Waals surface area (Å²) in [4.78, 5) is 13.8. The quantitative estimate of drug-likeness (QED) is 0.681. The molecule has 0 aromatic carbocycles. The molecule has 1 fully saturated rings. The summed E-state index contributed by atoms with van der Waals surface area (Å²) in [6.45, 7) is 6.50. The normalized spacial score (nSPS) is 22.2. The molecule has 0 amide bonds. The molecule has 0 saturated carbocycles. The molecule has 2 nitrogen and oxygen atoms in total.